The van der Waals surface area contributed by atoms with Crippen molar-refractivity contribution in [2.75, 3.05) is 10.8 Å². The Morgan fingerprint density at radius 2 is 1.60 bits per heavy atom. The molecule has 0 saturated heterocycles. The molecule has 1 aliphatic rings. The van der Waals surface area contributed by atoms with Crippen LogP contribution in [0.25, 0.3) is 0 Å². The molecule has 1 N–H and O–H groups in total. The lowest BCUT2D eigenvalue weighted by molar-refractivity contribution is -0.140. The fourth-order valence-corrected chi connectivity index (χ4v) is 7.27. The van der Waals surface area contributed by atoms with Gasteiger partial charge in [-0.05, 0) is 80.3 Å². The molecule has 1 atom stereocenters. The average molecular weight is 710 g/mol. The van der Waals surface area contributed by atoms with E-state index in [2.05, 4.69) is 21.2 Å². The Bertz CT molecular complexity index is 1530. The summed E-state index contributed by atoms with van der Waals surface area (Å²) in [4.78, 5) is 29.4. The number of hydrogen-bond acceptors (Lipinski definition) is 4. The number of nitrogens with zero attached hydrogens (tertiary/aromatic N) is 2. The zero-order valence-corrected chi connectivity index (χ0v) is 28.1. The lowest BCUT2D eigenvalue weighted by atomic mass is 9.95. The van der Waals surface area contributed by atoms with E-state index < -0.39 is 28.5 Å². The van der Waals surface area contributed by atoms with E-state index in [1.54, 1.807) is 54.6 Å². The number of nitrogens with one attached hydrogen (secondary N) is 1. The Morgan fingerprint density at radius 3 is 2.21 bits per heavy atom. The second kappa shape index (κ2) is 14.9. The summed E-state index contributed by atoms with van der Waals surface area (Å²) in [7, 11) is -4.14. The number of sulfonamides is 1. The third kappa shape index (κ3) is 8.53. The third-order valence-electron chi connectivity index (χ3n) is 7.68. The summed E-state index contributed by atoms with van der Waals surface area (Å²) < 4.78 is 29.9. The SMILES string of the molecule is CC[C@H](C(=O)NC1CCCCC1)N(Cc1ccc(Cl)c(Cl)c1)C(=O)CN(c1ccc(Br)cc1)S(=O)(=O)c1ccc(C)cc1. The molecule has 1 aliphatic carbocycles. The van der Waals surface area contributed by atoms with E-state index in [1.807, 2.05) is 13.8 Å². The van der Waals surface area contributed by atoms with Gasteiger partial charge < -0.3 is 10.2 Å². The molecule has 0 aromatic heterocycles. The van der Waals surface area contributed by atoms with Crippen LogP contribution in [0.3, 0.4) is 0 Å². The first-order valence-electron chi connectivity index (χ1n) is 14.4. The minimum atomic E-state index is -4.14. The third-order valence-corrected chi connectivity index (χ3v) is 10.7. The molecule has 7 nitrogen and oxygen atoms in total. The number of rotatable bonds is 11. The molecule has 4 rings (SSSR count). The zero-order chi connectivity index (χ0) is 31.1. The topological polar surface area (TPSA) is 86.8 Å². The van der Waals surface area contributed by atoms with Gasteiger partial charge in [0.25, 0.3) is 10.0 Å². The maximum atomic E-state index is 14.3. The maximum Gasteiger partial charge on any atom is 0.264 e. The molecule has 230 valence electrons. The van der Waals surface area contributed by atoms with Crippen molar-refractivity contribution in [1.29, 1.82) is 0 Å². The van der Waals surface area contributed by atoms with Crippen molar-refractivity contribution in [3.63, 3.8) is 0 Å². The molecule has 0 unspecified atom stereocenters. The zero-order valence-electron chi connectivity index (χ0n) is 24.2. The van der Waals surface area contributed by atoms with Gasteiger partial charge in [0.15, 0.2) is 0 Å². The first-order chi connectivity index (χ1) is 20.5. The van der Waals surface area contributed by atoms with Crippen LogP contribution in [0.1, 0.15) is 56.6 Å². The van der Waals surface area contributed by atoms with Crippen LogP contribution in [0.15, 0.2) is 76.1 Å². The van der Waals surface area contributed by atoms with Crippen LogP contribution in [0, 0.1) is 6.92 Å². The molecule has 1 saturated carbocycles. The van der Waals surface area contributed by atoms with Gasteiger partial charge in [0.1, 0.15) is 12.6 Å². The Hall–Kier alpha value is -2.59. The van der Waals surface area contributed by atoms with Crippen LogP contribution in [0.2, 0.25) is 10.0 Å². The van der Waals surface area contributed by atoms with Gasteiger partial charge in [-0.15, -0.1) is 0 Å². The monoisotopic (exact) mass is 707 g/mol. The van der Waals surface area contributed by atoms with Crippen LogP contribution in [0.4, 0.5) is 5.69 Å². The van der Waals surface area contributed by atoms with Crippen molar-refractivity contribution in [1.82, 2.24) is 10.2 Å². The van der Waals surface area contributed by atoms with Crippen molar-refractivity contribution in [3.8, 4) is 0 Å². The second-order valence-electron chi connectivity index (χ2n) is 10.8. The van der Waals surface area contributed by atoms with Crippen LogP contribution >= 0.6 is 39.1 Å². The molecule has 0 radical (unpaired) electrons. The molecule has 3 aromatic rings. The van der Waals surface area contributed by atoms with E-state index in [0.29, 0.717) is 27.7 Å². The lowest BCUT2D eigenvalue weighted by Gasteiger charge is -2.34. The summed E-state index contributed by atoms with van der Waals surface area (Å²) in [5.74, 6) is -0.769. The molecule has 0 spiro atoms. The van der Waals surface area contributed by atoms with E-state index in [1.165, 1.54) is 17.0 Å². The number of halogens is 3. The van der Waals surface area contributed by atoms with Crippen molar-refractivity contribution in [2.45, 2.75) is 75.9 Å². The predicted molar refractivity (Wildman–Crippen MR) is 176 cm³/mol. The van der Waals surface area contributed by atoms with Gasteiger partial charge in [-0.3, -0.25) is 13.9 Å². The summed E-state index contributed by atoms with van der Waals surface area (Å²) in [5.41, 5.74) is 1.90. The largest absolute Gasteiger partial charge is 0.352 e. The van der Waals surface area contributed by atoms with Crippen molar-refractivity contribution in [2.24, 2.45) is 0 Å². The highest BCUT2D eigenvalue weighted by Gasteiger charge is 2.34. The molecule has 1 fully saturated rings. The molecular formula is C32H36BrCl2N3O4S. The first-order valence-corrected chi connectivity index (χ1v) is 17.4. The van der Waals surface area contributed by atoms with Gasteiger partial charge in [0, 0.05) is 17.1 Å². The lowest BCUT2D eigenvalue weighted by Crippen LogP contribution is -2.54. The summed E-state index contributed by atoms with van der Waals surface area (Å²) in [6, 6.07) is 17.5. The van der Waals surface area contributed by atoms with Crippen LogP contribution < -0.4 is 9.62 Å². The molecular weight excluding hydrogens is 673 g/mol. The number of anilines is 1. The van der Waals surface area contributed by atoms with Gasteiger partial charge in [0.2, 0.25) is 11.8 Å². The molecule has 11 heteroatoms. The van der Waals surface area contributed by atoms with E-state index in [4.69, 9.17) is 23.2 Å². The number of amides is 2. The maximum absolute atomic E-state index is 14.3. The van der Waals surface area contributed by atoms with E-state index >= 15 is 0 Å². The first kappa shape index (κ1) is 33.3. The fourth-order valence-electron chi connectivity index (χ4n) is 5.27. The van der Waals surface area contributed by atoms with Gasteiger partial charge in [0.05, 0.1) is 20.6 Å². The normalized spacial score (nSPS) is 14.6. The Balaban J connectivity index is 1.71. The molecule has 2 amide bonds. The predicted octanol–water partition coefficient (Wildman–Crippen LogP) is 7.52. The number of hydrogen-bond donors (Lipinski definition) is 1. The summed E-state index contributed by atoms with van der Waals surface area (Å²) in [5, 5.41) is 3.84. The van der Waals surface area contributed by atoms with Gasteiger partial charge >= 0.3 is 0 Å². The minimum absolute atomic E-state index is 0.0467. The van der Waals surface area contributed by atoms with Gasteiger partial charge in [-0.25, -0.2) is 8.42 Å². The van der Waals surface area contributed by atoms with Crippen molar-refractivity contribution in [3.05, 3.63) is 92.4 Å². The minimum Gasteiger partial charge on any atom is -0.352 e. The Labute approximate surface area is 272 Å². The number of benzene rings is 3. The van der Waals surface area contributed by atoms with E-state index in [-0.39, 0.29) is 23.4 Å². The number of aryl methyl sites for hydroxylation is 1. The fraction of sp³-hybridized carbons (Fsp3) is 0.375. The molecule has 43 heavy (non-hydrogen) atoms. The number of carbonyl (C=O) groups excluding carboxylic acids is 2. The Morgan fingerprint density at radius 1 is 0.953 bits per heavy atom. The summed E-state index contributed by atoms with van der Waals surface area (Å²) in [6.45, 7) is 3.25. The summed E-state index contributed by atoms with van der Waals surface area (Å²) >= 11 is 15.8. The van der Waals surface area contributed by atoms with E-state index in [0.717, 1.165) is 46.4 Å². The molecule has 3 aromatic carbocycles. The van der Waals surface area contributed by atoms with E-state index in [9.17, 15) is 18.0 Å². The summed E-state index contributed by atoms with van der Waals surface area (Å²) in [6.07, 6.45) is 5.38. The smallest absolute Gasteiger partial charge is 0.264 e. The van der Waals surface area contributed by atoms with Gasteiger partial charge in [-0.2, -0.15) is 0 Å². The van der Waals surface area contributed by atoms with Crippen LogP contribution in [-0.2, 0) is 26.2 Å². The highest BCUT2D eigenvalue weighted by molar-refractivity contribution is 9.10. The Kier molecular flexibility index (Phi) is 11.6. The quantitative estimate of drug-likeness (QED) is 0.223. The highest BCUT2D eigenvalue weighted by atomic mass is 79.9. The second-order valence-corrected chi connectivity index (χ2v) is 14.4. The van der Waals surface area contributed by atoms with Crippen molar-refractivity contribution < 1.29 is 18.0 Å². The van der Waals surface area contributed by atoms with Crippen LogP contribution in [0.5, 0.6) is 0 Å². The molecule has 0 aliphatic heterocycles. The van der Waals surface area contributed by atoms with Crippen molar-refractivity contribution >= 4 is 66.7 Å². The molecule has 0 heterocycles. The van der Waals surface area contributed by atoms with Gasteiger partial charge in [-0.1, -0.05) is 89.1 Å². The average Bonchev–Trinajstić information content (AvgIpc) is 2.98. The highest BCUT2D eigenvalue weighted by Crippen LogP contribution is 2.28. The standard InChI is InChI=1S/C32H36BrCl2N3O4S/c1-3-30(32(40)36-25-7-5-4-6-8-25)37(20-23-11-18-28(34)29(35)19-23)31(39)21-38(26-14-12-24(33)13-15-26)43(41,42)27-16-9-22(2)10-17-27/h9-19,25,30H,3-8,20-21H2,1-2H3,(H,36,40)/t30-/m1/s1. The molecule has 0 bridgehead atoms. The van der Waals surface area contributed by atoms with Crippen LogP contribution in [-0.4, -0.2) is 43.8 Å². The number of carbonyl (C=O) groups is 2.